The Morgan fingerprint density at radius 1 is 1.00 bits per heavy atom. The van der Waals surface area contributed by atoms with Gasteiger partial charge in [-0.05, 0) is 55.2 Å². The summed E-state index contributed by atoms with van der Waals surface area (Å²) < 4.78 is 5.51. The first-order valence-corrected chi connectivity index (χ1v) is 11.2. The first-order chi connectivity index (χ1) is 14.0. The Morgan fingerprint density at radius 2 is 1.76 bits per heavy atom. The second-order valence-corrected chi connectivity index (χ2v) is 8.03. The highest BCUT2D eigenvalue weighted by Crippen LogP contribution is 2.22. The lowest BCUT2D eigenvalue weighted by atomic mass is 10.1. The molecule has 0 spiro atoms. The van der Waals surface area contributed by atoms with E-state index in [2.05, 4.69) is 6.92 Å². The van der Waals surface area contributed by atoms with Crippen molar-refractivity contribution < 1.29 is 9.53 Å². The molecule has 0 unspecified atom stereocenters. The molecule has 29 heavy (non-hydrogen) atoms. The third-order valence-electron chi connectivity index (χ3n) is 4.87. The van der Waals surface area contributed by atoms with Crippen LogP contribution in [0.3, 0.4) is 0 Å². The van der Waals surface area contributed by atoms with Crippen LogP contribution < -0.4 is 4.74 Å². The Morgan fingerprint density at radius 3 is 2.41 bits per heavy atom. The second kappa shape index (κ2) is 12.8. The first kappa shape index (κ1) is 23.6. The molecule has 2 aromatic carbocycles. The van der Waals surface area contributed by atoms with Gasteiger partial charge in [0.05, 0.1) is 6.61 Å². The molecule has 2 rings (SSSR count). The molecule has 158 valence electrons. The average molecular weight is 436 g/mol. The van der Waals surface area contributed by atoms with Crippen molar-refractivity contribution in [2.75, 3.05) is 13.2 Å². The van der Waals surface area contributed by atoms with Crippen molar-refractivity contribution in [3.63, 3.8) is 0 Å². The summed E-state index contributed by atoms with van der Waals surface area (Å²) in [7, 11) is 0. The van der Waals surface area contributed by atoms with E-state index >= 15 is 0 Å². The fraction of sp³-hybridized carbons (Fsp3) is 0.458. The largest absolute Gasteiger partial charge is 0.494 e. The van der Waals surface area contributed by atoms with Gasteiger partial charge in [-0.25, -0.2) is 0 Å². The maximum absolute atomic E-state index is 12.9. The molecule has 0 N–H and O–H groups in total. The molecule has 0 saturated carbocycles. The molecule has 0 atom stereocenters. The van der Waals surface area contributed by atoms with Crippen LogP contribution in [0.25, 0.3) is 0 Å². The number of carbonyl (C=O) groups excluding carboxylic acids is 1. The van der Waals surface area contributed by atoms with Gasteiger partial charge in [0.25, 0.3) is 0 Å². The minimum atomic E-state index is 0.195. The van der Waals surface area contributed by atoms with E-state index in [4.69, 9.17) is 27.9 Å². The Labute approximate surface area is 185 Å². The second-order valence-electron chi connectivity index (χ2n) is 7.19. The van der Waals surface area contributed by atoms with Crippen LogP contribution in [0, 0.1) is 0 Å². The third kappa shape index (κ3) is 8.28. The van der Waals surface area contributed by atoms with E-state index in [1.807, 2.05) is 48.2 Å². The van der Waals surface area contributed by atoms with Gasteiger partial charge in [0, 0.05) is 29.6 Å². The summed E-state index contributed by atoms with van der Waals surface area (Å²) in [5, 5.41) is 1.27. The van der Waals surface area contributed by atoms with Gasteiger partial charge >= 0.3 is 0 Å². The summed E-state index contributed by atoms with van der Waals surface area (Å²) in [6.07, 6.45) is 5.67. The summed E-state index contributed by atoms with van der Waals surface area (Å²) in [6, 6.07) is 13.5. The predicted octanol–water partition coefficient (Wildman–Crippen LogP) is 6.93. The molecule has 0 aliphatic carbocycles. The van der Waals surface area contributed by atoms with Gasteiger partial charge in [-0.1, -0.05) is 67.6 Å². The summed E-state index contributed by atoms with van der Waals surface area (Å²) in [5.41, 5.74) is 2.10. The van der Waals surface area contributed by atoms with Gasteiger partial charge in [0.1, 0.15) is 5.75 Å². The highest BCUT2D eigenvalue weighted by Gasteiger charge is 2.15. The highest BCUT2D eigenvalue weighted by atomic mass is 35.5. The lowest BCUT2D eigenvalue weighted by Crippen LogP contribution is -2.32. The molecular weight excluding hydrogens is 405 g/mol. The van der Waals surface area contributed by atoms with Gasteiger partial charge < -0.3 is 9.64 Å². The lowest BCUT2D eigenvalue weighted by molar-refractivity contribution is -0.131. The van der Waals surface area contributed by atoms with Crippen molar-refractivity contribution in [3.8, 4) is 5.75 Å². The van der Waals surface area contributed by atoms with Crippen LogP contribution in [0.2, 0.25) is 10.0 Å². The van der Waals surface area contributed by atoms with E-state index < -0.39 is 0 Å². The third-order valence-corrected chi connectivity index (χ3v) is 5.46. The van der Waals surface area contributed by atoms with Crippen molar-refractivity contribution >= 4 is 29.1 Å². The lowest BCUT2D eigenvalue weighted by Gasteiger charge is -2.23. The zero-order valence-electron chi connectivity index (χ0n) is 17.4. The molecule has 0 fully saturated rings. The SMILES string of the molecule is CCCCCCC(=O)N(CCc1ccc(Cl)cc1Cl)Cc1ccc(OCC)cc1. The smallest absolute Gasteiger partial charge is 0.222 e. The molecule has 0 heterocycles. The van der Waals surface area contributed by atoms with Gasteiger partial charge in [0.2, 0.25) is 5.91 Å². The molecule has 0 aliphatic heterocycles. The van der Waals surface area contributed by atoms with Crippen LogP contribution in [0.5, 0.6) is 5.75 Å². The van der Waals surface area contributed by atoms with Crippen molar-refractivity contribution in [2.24, 2.45) is 0 Å². The van der Waals surface area contributed by atoms with Crippen LogP contribution >= 0.6 is 23.2 Å². The van der Waals surface area contributed by atoms with Gasteiger partial charge in [0.15, 0.2) is 0 Å². The Balaban J connectivity index is 2.04. The van der Waals surface area contributed by atoms with E-state index in [1.165, 1.54) is 12.8 Å². The number of benzene rings is 2. The predicted molar refractivity (Wildman–Crippen MR) is 122 cm³/mol. The minimum Gasteiger partial charge on any atom is -0.494 e. The summed E-state index contributed by atoms with van der Waals surface area (Å²) in [5.74, 6) is 1.04. The van der Waals surface area contributed by atoms with E-state index in [9.17, 15) is 4.79 Å². The molecule has 1 amide bonds. The Kier molecular flexibility index (Phi) is 10.4. The number of hydrogen-bond acceptors (Lipinski definition) is 2. The first-order valence-electron chi connectivity index (χ1n) is 10.5. The molecule has 0 bridgehead atoms. The van der Waals surface area contributed by atoms with E-state index in [0.717, 1.165) is 29.7 Å². The molecule has 2 aromatic rings. The number of hydrogen-bond donors (Lipinski definition) is 0. The van der Waals surface area contributed by atoms with E-state index in [1.54, 1.807) is 6.07 Å². The number of amides is 1. The highest BCUT2D eigenvalue weighted by molar-refractivity contribution is 6.35. The normalized spacial score (nSPS) is 10.8. The average Bonchev–Trinajstić information content (AvgIpc) is 2.71. The molecule has 0 aliphatic rings. The molecule has 3 nitrogen and oxygen atoms in total. The summed E-state index contributed by atoms with van der Waals surface area (Å²) >= 11 is 12.3. The molecule has 5 heteroatoms. The van der Waals surface area contributed by atoms with Crippen LogP contribution in [0.4, 0.5) is 0 Å². The zero-order chi connectivity index (χ0) is 21.1. The van der Waals surface area contributed by atoms with Crippen LogP contribution in [0.1, 0.15) is 57.1 Å². The standard InChI is InChI=1S/C24H31Cl2NO2/c1-3-5-6-7-8-24(28)27(16-15-20-11-12-21(25)17-23(20)26)18-19-9-13-22(14-10-19)29-4-2/h9-14,17H,3-8,15-16,18H2,1-2H3. The van der Waals surface area contributed by atoms with Crippen LogP contribution in [-0.2, 0) is 17.8 Å². The summed E-state index contributed by atoms with van der Waals surface area (Å²) in [4.78, 5) is 14.8. The van der Waals surface area contributed by atoms with Crippen molar-refractivity contribution in [2.45, 2.75) is 58.9 Å². The zero-order valence-corrected chi connectivity index (χ0v) is 18.9. The number of halogens is 2. The van der Waals surface area contributed by atoms with Gasteiger partial charge in [-0.2, -0.15) is 0 Å². The monoisotopic (exact) mass is 435 g/mol. The van der Waals surface area contributed by atoms with Crippen molar-refractivity contribution in [3.05, 3.63) is 63.6 Å². The van der Waals surface area contributed by atoms with Crippen LogP contribution in [-0.4, -0.2) is 24.0 Å². The van der Waals surface area contributed by atoms with Crippen molar-refractivity contribution in [1.29, 1.82) is 0 Å². The van der Waals surface area contributed by atoms with E-state index in [0.29, 0.717) is 42.6 Å². The Bertz CT molecular complexity index is 762. The molecular formula is C24H31Cl2NO2. The maximum atomic E-state index is 12.9. The van der Waals surface area contributed by atoms with E-state index in [-0.39, 0.29) is 5.91 Å². The fourth-order valence-electron chi connectivity index (χ4n) is 3.21. The van der Waals surface area contributed by atoms with Gasteiger partial charge in [-0.3, -0.25) is 4.79 Å². The maximum Gasteiger partial charge on any atom is 0.222 e. The number of carbonyl (C=O) groups is 1. The number of nitrogens with zero attached hydrogens (tertiary/aromatic N) is 1. The Hall–Kier alpha value is -1.71. The number of rotatable bonds is 12. The molecule has 0 radical (unpaired) electrons. The minimum absolute atomic E-state index is 0.195. The summed E-state index contributed by atoms with van der Waals surface area (Å²) in [6.45, 7) is 6.00. The van der Waals surface area contributed by atoms with Gasteiger partial charge in [-0.15, -0.1) is 0 Å². The quantitative estimate of drug-likeness (QED) is 0.338. The number of unbranched alkanes of at least 4 members (excludes halogenated alkanes) is 3. The number of ether oxygens (including phenoxy) is 1. The topological polar surface area (TPSA) is 29.5 Å². The molecule has 0 aromatic heterocycles. The molecule has 0 saturated heterocycles. The fourth-order valence-corrected chi connectivity index (χ4v) is 3.71. The van der Waals surface area contributed by atoms with Crippen LogP contribution in [0.15, 0.2) is 42.5 Å². The van der Waals surface area contributed by atoms with Crippen molar-refractivity contribution in [1.82, 2.24) is 4.90 Å².